The molecule has 1 aliphatic rings. The summed E-state index contributed by atoms with van der Waals surface area (Å²) in [6.07, 6.45) is 3.30. The SMILES string of the molecule is O=C(c1c(F)cccc1Cl)N1CC(c2nc(-c3cccnc3)no2)C1. The second kappa shape index (κ2) is 6.25. The quantitative estimate of drug-likeness (QED) is 0.719. The molecular formula is C17H12ClFN4O2. The van der Waals surface area contributed by atoms with Crippen molar-refractivity contribution in [3.8, 4) is 11.4 Å². The van der Waals surface area contributed by atoms with E-state index in [1.165, 1.54) is 23.1 Å². The van der Waals surface area contributed by atoms with E-state index in [4.69, 9.17) is 16.1 Å². The minimum atomic E-state index is -0.627. The van der Waals surface area contributed by atoms with Gasteiger partial charge in [0, 0.05) is 31.0 Å². The molecule has 0 radical (unpaired) electrons. The molecule has 0 bridgehead atoms. The molecule has 0 aliphatic carbocycles. The number of aromatic nitrogens is 3. The third-order valence-electron chi connectivity index (χ3n) is 4.06. The van der Waals surface area contributed by atoms with Gasteiger partial charge in [-0.15, -0.1) is 0 Å². The van der Waals surface area contributed by atoms with E-state index in [0.29, 0.717) is 24.8 Å². The lowest BCUT2D eigenvalue weighted by Gasteiger charge is -2.37. The Morgan fingerprint density at radius 1 is 1.28 bits per heavy atom. The lowest BCUT2D eigenvalue weighted by molar-refractivity contribution is 0.0564. The Balaban J connectivity index is 1.46. The monoisotopic (exact) mass is 358 g/mol. The topological polar surface area (TPSA) is 72.1 Å². The Morgan fingerprint density at radius 2 is 2.12 bits per heavy atom. The molecule has 1 aliphatic heterocycles. The van der Waals surface area contributed by atoms with Crippen LogP contribution in [0.1, 0.15) is 22.2 Å². The molecule has 3 aromatic rings. The highest BCUT2D eigenvalue weighted by atomic mass is 35.5. The molecule has 8 heteroatoms. The van der Waals surface area contributed by atoms with Crippen molar-refractivity contribution in [3.05, 3.63) is 65.0 Å². The van der Waals surface area contributed by atoms with E-state index in [1.54, 1.807) is 18.5 Å². The highest BCUT2D eigenvalue weighted by Crippen LogP contribution is 2.30. The summed E-state index contributed by atoms with van der Waals surface area (Å²) >= 11 is 5.94. The number of carbonyl (C=O) groups excluding carboxylic acids is 1. The summed E-state index contributed by atoms with van der Waals surface area (Å²) in [5.41, 5.74) is 0.645. The van der Waals surface area contributed by atoms with Gasteiger partial charge < -0.3 is 9.42 Å². The van der Waals surface area contributed by atoms with Crippen LogP contribution >= 0.6 is 11.6 Å². The van der Waals surface area contributed by atoms with Gasteiger partial charge >= 0.3 is 0 Å². The molecule has 6 nitrogen and oxygen atoms in total. The Kier molecular flexibility index (Phi) is 3.93. The number of amides is 1. The fourth-order valence-electron chi connectivity index (χ4n) is 2.67. The average molecular weight is 359 g/mol. The molecule has 3 heterocycles. The Hall–Kier alpha value is -2.80. The van der Waals surface area contributed by atoms with Crippen molar-refractivity contribution in [2.24, 2.45) is 0 Å². The smallest absolute Gasteiger partial charge is 0.258 e. The lowest BCUT2D eigenvalue weighted by atomic mass is 9.98. The minimum Gasteiger partial charge on any atom is -0.339 e. The highest BCUT2D eigenvalue weighted by Gasteiger charge is 2.37. The van der Waals surface area contributed by atoms with Gasteiger partial charge in [-0.25, -0.2) is 4.39 Å². The van der Waals surface area contributed by atoms with Gasteiger partial charge in [-0.2, -0.15) is 4.98 Å². The zero-order chi connectivity index (χ0) is 17.4. The third-order valence-corrected chi connectivity index (χ3v) is 4.37. The first-order chi connectivity index (χ1) is 12.1. The predicted octanol–water partition coefficient (Wildman–Crippen LogP) is 3.16. The number of pyridine rings is 1. The number of rotatable bonds is 3. The van der Waals surface area contributed by atoms with Crippen molar-refractivity contribution in [2.75, 3.05) is 13.1 Å². The summed E-state index contributed by atoms with van der Waals surface area (Å²) in [6, 6.07) is 7.79. The van der Waals surface area contributed by atoms with Crippen molar-refractivity contribution < 1.29 is 13.7 Å². The van der Waals surface area contributed by atoms with E-state index in [2.05, 4.69) is 15.1 Å². The van der Waals surface area contributed by atoms with E-state index in [1.807, 2.05) is 6.07 Å². The van der Waals surface area contributed by atoms with Gasteiger partial charge in [0.15, 0.2) is 0 Å². The van der Waals surface area contributed by atoms with Gasteiger partial charge in [-0.05, 0) is 24.3 Å². The van der Waals surface area contributed by atoms with Crippen molar-refractivity contribution >= 4 is 17.5 Å². The van der Waals surface area contributed by atoms with E-state index in [9.17, 15) is 9.18 Å². The van der Waals surface area contributed by atoms with Crippen molar-refractivity contribution in [3.63, 3.8) is 0 Å². The Labute approximate surface area is 147 Å². The number of hydrogen-bond donors (Lipinski definition) is 0. The fraction of sp³-hybridized carbons (Fsp3) is 0.176. The van der Waals surface area contributed by atoms with Crippen LogP contribution in [-0.4, -0.2) is 39.0 Å². The van der Waals surface area contributed by atoms with Crippen LogP contribution in [-0.2, 0) is 0 Å². The molecule has 2 aromatic heterocycles. The van der Waals surface area contributed by atoms with Gasteiger partial charge in [0.25, 0.3) is 5.91 Å². The maximum absolute atomic E-state index is 13.9. The van der Waals surface area contributed by atoms with Gasteiger partial charge in [-0.3, -0.25) is 9.78 Å². The summed E-state index contributed by atoms with van der Waals surface area (Å²) in [4.78, 5) is 22.3. The number of likely N-dealkylation sites (tertiary alicyclic amines) is 1. The minimum absolute atomic E-state index is 0.0765. The molecule has 1 saturated heterocycles. The summed E-state index contributed by atoms with van der Waals surface area (Å²) < 4.78 is 19.1. The molecule has 0 spiro atoms. The van der Waals surface area contributed by atoms with Crippen LogP contribution < -0.4 is 0 Å². The Bertz CT molecular complexity index is 905. The van der Waals surface area contributed by atoms with Crippen LogP contribution in [0.3, 0.4) is 0 Å². The molecule has 0 unspecified atom stereocenters. The molecule has 1 aromatic carbocycles. The molecule has 0 saturated carbocycles. The van der Waals surface area contributed by atoms with Crippen LogP contribution in [0.4, 0.5) is 4.39 Å². The molecular weight excluding hydrogens is 347 g/mol. The van der Waals surface area contributed by atoms with Crippen LogP contribution in [0.5, 0.6) is 0 Å². The first-order valence-electron chi connectivity index (χ1n) is 7.61. The van der Waals surface area contributed by atoms with E-state index in [-0.39, 0.29) is 16.5 Å². The third kappa shape index (κ3) is 2.87. The average Bonchev–Trinajstić information content (AvgIpc) is 3.04. The van der Waals surface area contributed by atoms with Crippen molar-refractivity contribution in [2.45, 2.75) is 5.92 Å². The van der Waals surface area contributed by atoms with Crippen LogP contribution in [0.15, 0.2) is 47.2 Å². The normalized spacial score (nSPS) is 14.4. The first-order valence-corrected chi connectivity index (χ1v) is 7.98. The van der Waals surface area contributed by atoms with Crippen molar-refractivity contribution in [1.29, 1.82) is 0 Å². The number of halogens is 2. The number of hydrogen-bond acceptors (Lipinski definition) is 5. The van der Waals surface area contributed by atoms with E-state index in [0.717, 1.165) is 5.56 Å². The van der Waals surface area contributed by atoms with Gasteiger partial charge in [-0.1, -0.05) is 22.8 Å². The summed E-state index contributed by atoms with van der Waals surface area (Å²) in [7, 11) is 0. The van der Waals surface area contributed by atoms with Gasteiger partial charge in [0.1, 0.15) is 5.82 Å². The molecule has 1 fully saturated rings. The second-order valence-electron chi connectivity index (χ2n) is 5.70. The summed E-state index contributed by atoms with van der Waals surface area (Å²) in [5.74, 6) is -0.246. The van der Waals surface area contributed by atoms with Gasteiger partial charge in [0.2, 0.25) is 11.7 Å². The van der Waals surface area contributed by atoms with Crippen LogP contribution in [0, 0.1) is 5.82 Å². The Morgan fingerprint density at radius 3 is 2.84 bits per heavy atom. The number of benzene rings is 1. The summed E-state index contributed by atoms with van der Waals surface area (Å²) in [5, 5.41) is 4.04. The highest BCUT2D eigenvalue weighted by molar-refractivity contribution is 6.33. The predicted molar refractivity (Wildman–Crippen MR) is 87.6 cm³/mol. The lowest BCUT2D eigenvalue weighted by Crippen LogP contribution is -2.48. The van der Waals surface area contributed by atoms with Crippen molar-refractivity contribution in [1.82, 2.24) is 20.0 Å². The largest absolute Gasteiger partial charge is 0.339 e. The standard InChI is InChI=1S/C17H12ClFN4O2/c18-12-4-1-5-13(19)14(12)17(24)23-8-11(9-23)16-21-15(22-25-16)10-3-2-6-20-7-10/h1-7,11H,8-9H2. The first kappa shape index (κ1) is 15.7. The second-order valence-corrected chi connectivity index (χ2v) is 6.11. The zero-order valence-electron chi connectivity index (χ0n) is 12.9. The molecule has 25 heavy (non-hydrogen) atoms. The maximum Gasteiger partial charge on any atom is 0.258 e. The molecule has 0 atom stereocenters. The zero-order valence-corrected chi connectivity index (χ0v) is 13.7. The van der Waals surface area contributed by atoms with Gasteiger partial charge in [0.05, 0.1) is 16.5 Å². The maximum atomic E-state index is 13.9. The number of nitrogens with zero attached hydrogens (tertiary/aromatic N) is 4. The van der Waals surface area contributed by atoms with Crippen LogP contribution in [0.25, 0.3) is 11.4 Å². The summed E-state index contributed by atoms with van der Waals surface area (Å²) in [6.45, 7) is 0.746. The molecule has 1 amide bonds. The fourth-order valence-corrected chi connectivity index (χ4v) is 2.92. The molecule has 4 rings (SSSR count). The van der Waals surface area contributed by atoms with E-state index >= 15 is 0 Å². The van der Waals surface area contributed by atoms with E-state index < -0.39 is 11.7 Å². The van der Waals surface area contributed by atoms with Crippen LogP contribution in [0.2, 0.25) is 5.02 Å². The number of carbonyl (C=O) groups is 1. The molecule has 126 valence electrons. The molecule has 0 N–H and O–H groups in total.